The maximum atomic E-state index is 12.3. The number of hydrogen-bond donors (Lipinski definition) is 1. The summed E-state index contributed by atoms with van der Waals surface area (Å²) in [7, 11) is 0. The molecule has 1 aliphatic rings. The minimum absolute atomic E-state index is 0.126. The monoisotopic (exact) mass is 436 g/mol. The van der Waals surface area contributed by atoms with Gasteiger partial charge in [-0.05, 0) is 41.5 Å². The molecule has 1 N–H and O–H groups in total. The van der Waals surface area contributed by atoms with Crippen LogP contribution in [0.25, 0.3) is 6.08 Å². The zero-order valence-electron chi connectivity index (χ0n) is 14.5. The fraction of sp³-hybridized carbons (Fsp3) is 0.100. The second kappa shape index (κ2) is 8.69. The Labute approximate surface area is 177 Å². The van der Waals surface area contributed by atoms with Crippen LogP contribution in [0, 0.1) is 0 Å². The van der Waals surface area contributed by atoms with Crippen molar-refractivity contribution in [3.8, 4) is 5.75 Å². The predicted molar refractivity (Wildman–Crippen MR) is 111 cm³/mol. The molecule has 0 bridgehead atoms. The second-order valence-corrected chi connectivity index (χ2v) is 7.17. The van der Waals surface area contributed by atoms with Crippen molar-refractivity contribution < 1.29 is 14.3 Å². The molecule has 1 heterocycles. The lowest BCUT2D eigenvalue weighted by Gasteiger charge is -2.11. The van der Waals surface area contributed by atoms with Crippen LogP contribution in [-0.2, 0) is 11.4 Å². The molecule has 3 rings (SSSR count). The van der Waals surface area contributed by atoms with Gasteiger partial charge >= 0.3 is 6.03 Å². The van der Waals surface area contributed by atoms with E-state index < -0.39 is 11.9 Å². The van der Waals surface area contributed by atoms with Crippen LogP contribution >= 0.6 is 34.8 Å². The van der Waals surface area contributed by atoms with Crippen LogP contribution in [0.5, 0.6) is 5.75 Å². The first-order chi connectivity index (χ1) is 13.4. The lowest BCUT2D eigenvalue weighted by atomic mass is 10.1. The van der Waals surface area contributed by atoms with E-state index in [1.165, 1.54) is 12.2 Å². The molecule has 0 aromatic heterocycles. The summed E-state index contributed by atoms with van der Waals surface area (Å²) >= 11 is 18.5. The van der Waals surface area contributed by atoms with Crippen molar-refractivity contribution in [2.45, 2.75) is 6.61 Å². The number of carbonyl (C=O) groups excluding carboxylic acids is 2. The molecular weight excluding hydrogens is 423 g/mol. The first-order valence-electron chi connectivity index (χ1n) is 8.20. The molecule has 0 spiro atoms. The molecule has 0 radical (unpaired) electrons. The molecule has 144 valence electrons. The van der Waals surface area contributed by atoms with Crippen molar-refractivity contribution in [3.63, 3.8) is 0 Å². The lowest BCUT2D eigenvalue weighted by molar-refractivity contribution is -0.122. The fourth-order valence-electron chi connectivity index (χ4n) is 2.57. The number of nitrogens with zero attached hydrogens (tertiary/aromatic N) is 1. The van der Waals surface area contributed by atoms with Crippen LogP contribution in [0.2, 0.25) is 15.1 Å². The zero-order valence-corrected chi connectivity index (χ0v) is 16.8. The maximum Gasteiger partial charge on any atom is 0.329 e. The Balaban J connectivity index is 1.78. The Bertz CT molecular complexity index is 948. The van der Waals surface area contributed by atoms with E-state index in [-0.39, 0.29) is 28.9 Å². The molecule has 3 amide bonds. The highest BCUT2D eigenvalue weighted by Gasteiger charge is 2.32. The average Bonchev–Trinajstić information content (AvgIpc) is 2.90. The Kier molecular flexibility index (Phi) is 6.29. The number of imide groups is 1. The van der Waals surface area contributed by atoms with Gasteiger partial charge in [-0.15, -0.1) is 6.58 Å². The largest absolute Gasteiger partial charge is 0.486 e. The van der Waals surface area contributed by atoms with Crippen LogP contribution in [-0.4, -0.2) is 23.4 Å². The van der Waals surface area contributed by atoms with Crippen LogP contribution in [0.15, 0.2) is 54.8 Å². The molecule has 8 heteroatoms. The molecule has 1 saturated heterocycles. The van der Waals surface area contributed by atoms with Crippen LogP contribution in [0.1, 0.15) is 11.1 Å². The summed E-state index contributed by atoms with van der Waals surface area (Å²) in [6, 6.07) is 9.91. The van der Waals surface area contributed by atoms with Crippen molar-refractivity contribution in [1.82, 2.24) is 10.2 Å². The summed E-state index contributed by atoms with van der Waals surface area (Å²) in [5, 5.41) is 3.72. The number of rotatable bonds is 6. The molecule has 0 saturated carbocycles. The average molecular weight is 438 g/mol. The van der Waals surface area contributed by atoms with Gasteiger partial charge in [0, 0.05) is 11.6 Å². The van der Waals surface area contributed by atoms with Crippen molar-refractivity contribution >= 4 is 52.8 Å². The molecule has 0 aliphatic carbocycles. The minimum atomic E-state index is -0.503. The van der Waals surface area contributed by atoms with E-state index in [4.69, 9.17) is 39.5 Å². The molecule has 0 unspecified atom stereocenters. The number of carbonyl (C=O) groups is 2. The van der Waals surface area contributed by atoms with Crippen molar-refractivity contribution in [3.05, 3.63) is 80.9 Å². The van der Waals surface area contributed by atoms with Crippen LogP contribution in [0.4, 0.5) is 4.79 Å². The van der Waals surface area contributed by atoms with Crippen LogP contribution < -0.4 is 10.1 Å². The Morgan fingerprint density at radius 3 is 2.32 bits per heavy atom. The summed E-state index contributed by atoms with van der Waals surface area (Å²) < 4.78 is 5.72. The minimum Gasteiger partial charge on any atom is -0.486 e. The van der Waals surface area contributed by atoms with Gasteiger partial charge in [-0.3, -0.25) is 9.69 Å². The predicted octanol–water partition coefficient (Wildman–Crippen LogP) is 5.30. The number of halogens is 3. The number of hydrogen-bond acceptors (Lipinski definition) is 3. The van der Waals surface area contributed by atoms with Gasteiger partial charge < -0.3 is 10.1 Å². The molecule has 1 fully saturated rings. The summed E-state index contributed by atoms with van der Waals surface area (Å²) in [6.07, 6.45) is 2.98. The van der Waals surface area contributed by atoms with Crippen molar-refractivity contribution in [2.24, 2.45) is 0 Å². The van der Waals surface area contributed by atoms with E-state index in [9.17, 15) is 9.59 Å². The third-order valence-electron chi connectivity index (χ3n) is 3.90. The van der Waals surface area contributed by atoms with E-state index in [2.05, 4.69) is 11.9 Å². The SMILES string of the molecule is C=CCN1C(=O)N/C(=C/c2cc(Cl)c(OCc3ccc(Cl)cc3)c(Cl)c2)C1=O. The fourth-order valence-corrected chi connectivity index (χ4v) is 3.31. The second-order valence-electron chi connectivity index (χ2n) is 5.92. The van der Waals surface area contributed by atoms with E-state index >= 15 is 0 Å². The first kappa shape index (κ1) is 20.3. The number of ether oxygens (including phenoxy) is 1. The van der Waals surface area contributed by atoms with Gasteiger partial charge in [0.1, 0.15) is 12.3 Å². The molecule has 0 atom stereocenters. The summed E-state index contributed by atoms with van der Waals surface area (Å²) in [5.41, 5.74) is 1.59. The third kappa shape index (κ3) is 4.50. The zero-order chi connectivity index (χ0) is 20.3. The van der Waals surface area contributed by atoms with Gasteiger partial charge in [-0.25, -0.2) is 4.79 Å². The third-order valence-corrected chi connectivity index (χ3v) is 4.72. The van der Waals surface area contributed by atoms with Crippen LogP contribution in [0.3, 0.4) is 0 Å². The topological polar surface area (TPSA) is 58.6 Å². The highest BCUT2D eigenvalue weighted by molar-refractivity contribution is 6.37. The number of benzene rings is 2. The van der Waals surface area contributed by atoms with Gasteiger partial charge in [-0.1, -0.05) is 53.0 Å². The first-order valence-corrected chi connectivity index (χ1v) is 9.34. The smallest absolute Gasteiger partial charge is 0.329 e. The standard InChI is InChI=1S/C20H15Cl3N2O3/c1-2-7-25-19(26)17(24-20(25)27)10-13-8-15(22)18(16(23)9-13)28-11-12-3-5-14(21)6-4-12/h2-6,8-10H,1,7,11H2,(H,24,27)/b17-10+. The van der Waals surface area contributed by atoms with E-state index in [1.807, 2.05) is 12.1 Å². The van der Waals surface area contributed by atoms with E-state index in [0.717, 1.165) is 10.5 Å². The van der Waals surface area contributed by atoms with Gasteiger partial charge in [0.25, 0.3) is 5.91 Å². The van der Waals surface area contributed by atoms with Gasteiger partial charge in [0.2, 0.25) is 0 Å². The highest BCUT2D eigenvalue weighted by Crippen LogP contribution is 2.35. The molecule has 2 aromatic rings. The quantitative estimate of drug-likeness (QED) is 0.379. The lowest BCUT2D eigenvalue weighted by Crippen LogP contribution is -2.30. The molecular formula is C20H15Cl3N2O3. The molecule has 2 aromatic carbocycles. The number of nitrogens with one attached hydrogen (secondary N) is 1. The maximum absolute atomic E-state index is 12.3. The molecule has 1 aliphatic heterocycles. The number of amides is 3. The summed E-state index contributed by atoms with van der Waals surface area (Å²) in [5.74, 6) is -0.115. The van der Waals surface area contributed by atoms with Gasteiger partial charge in [0.05, 0.1) is 10.0 Å². The Hall–Kier alpha value is -2.47. The number of urea groups is 1. The van der Waals surface area contributed by atoms with E-state index in [1.54, 1.807) is 24.3 Å². The van der Waals surface area contributed by atoms with Gasteiger partial charge in [-0.2, -0.15) is 0 Å². The van der Waals surface area contributed by atoms with Crippen molar-refractivity contribution in [1.29, 1.82) is 0 Å². The molecule has 5 nitrogen and oxygen atoms in total. The van der Waals surface area contributed by atoms with Gasteiger partial charge in [0.15, 0.2) is 5.75 Å². The Morgan fingerprint density at radius 1 is 1.07 bits per heavy atom. The Morgan fingerprint density at radius 2 is 1.71 bits per heavy atom. The van der Waals surface area contributed by atoms with E-state index in [0.29, 0.717) is 16.3 Å². The highest BCUT2D eigenvalue weighted by atomic mass is 35.5. The molecule has 28 heavy (non-hydrogen) atoms. The normalized spacial score (nSPS) is 15.1. The summed E-state index contributed by atoms with van der Waals surface area (Å²) in [4.78, 5) is 25.1. The summed E-state index contributed by atoms with van der Waals surface area (Å²) in [6.45, 7) is 3.92. The van der Waals surface area contributed by atoms with Crippen molar-refractivity contribution in [2.75, 3.05) is 6.54 Å².